The molecule has 0 amide bonds. The van der Waals surface area contributed by atoms with Crippen molar-refractivity contribution < 1.29 is 9.84 Å². The van der Waals surface area contributed by atoms with Gasteiger partial charge in [-0.15, -0.1) is 0 Å². The third kappa shape index (κ3) is 2.50. The third-order valence-corrected chi connectivity index (χ3v) is 4.25. The van der Waals surface area contributed by atoms with E-state index in [4.69, 9.17) is 4.74 Å². The van der Waals surface area contributed by atoms with Crippen LogP contribution in [0.3, 0.4) is 0 Å². The van der Waals surface area contributed by atoms with E-state index in [9.17, 15) is 9.90 Å². The molecule has 1 N–H and O–H groups in total. The molecule has 0 atom stereocenters. The highest BCUT2D eigenvalue weighted by atomic mass is 16.5. The average molecular weight is 344 g/mol. The molecular weight excluding hydrogens is 328 g/mol. The first kappa shape index (κ1) is 15.9. The monoisotopic (exact) mass is 344 g/mol. The number of para-hydroxylation sites is 4. The maximum absolute atomic E-state index is 13.3. The molecule has 0 unspecified atom stereocenters. The first-order chi connectivity index (χ1) is 12.7. The normalized spacial score (nSPS) is 10.8. The van der Waals surface area contributed by atoms with Crippen LogP contribution in [-0.2, 0) is 0 Å². The van der Waals surface area contributed by atoms with Gasteiger partial charge >= 0.3 is 0 Å². The highest BCUT2D eigenvalue weighted by Gasteiger charge is 2.18. The van der Waals surface area contributed by atoms with Crippen LogP contribution in [-0.4, -0.2) is 21.8 Å². The van der Waals surface area contributed by atoms with Gasteiger partial charge in [-0.1, -0.05) is 36.4 Å². The molecule has 0 saturated heterocycles. The first-order valence-electron chi connectivity index (χ1n) is 8.14. The molecule has 0 aliphatic carbocycles. The lowest BCUT2D eigenvalue weighted by Crippen LogP contribution is -2.22. The van der Waals surface area contributed by atoms with Gasteiger partial charge in [0.2, 0.25) is 0 Å². The molecule has 0 bridgehead atoms. The average Bonchev–Trinajstić information content (AvgIpc) is 2.68. The zero-order valence-electron chi connectivity index (χ0n) is 14.1. The number of nitrogens with zero attached hydrogens (tertiary/aromatic N) is 2. The van der Waals surface area contributed by atoms with E-state index in [1.54, 1.807) is 61.7 Å². The van der Waals surface area contributed by atoms with E-state index in [1.165, 1.54) is 4.57 Å². The van der Waals surface area contributed by atoms with Gasteiger partial charge in [0, 0.05) is 0 Å². The summed E-state index contributed by atoms with van der Waals surface area (Å²) in [5.41, 5.74) is 1.39. The van der Waals surface area contributed by atoms with E-state index >= 15 is 0 Å². The summed E-state index contributed by atoms with van der Waals surface area (Å²) in [4.78, 5) is 18.0. The number of aromatic hydroxyl groups is 1. The fourth-order valence-corrected chi connectivity index (χ4v) is 3.01. The summed E-state index contributed by atoms with van der Waals surface area (Å²) in [6.45, 7) is 0. The molecule has 0 saturated carbocycles. The molecule has 3 aromatic carbocycles. The van der Waals surface area contributed by atoms with E-state index < -0.39 is 0 Å². The zero-order valence-corrected chi connectivity index (χ0v) is 14.1. The van der Waals surface area contributed by atoms with Gasteiger partial charge in [0.1, 0.15) is 11.5 Å². The van der Waals surface area contributed by atoms with Crippen LogP contribution < -0.4 is 10.3 Å². The quantitative estimate of drug-likeness (QED) is 0.614. The number of phenols is 1. The van der Waals surface area contributed by atoms with Crippen molar-refractivity contribution in [2.75, 3.05) is 7.11 Å². The number of phenolic OH excluding ortho intramolecular Hbond substituents is 1. The highest BCUT2D eigenvalue weighted by Crippen LogP contribution is 2.31. The van der Waals surface area contributed by atoms with Crippen molar-refractivity contribution in [3.05, 3.63) is 83.2 Å². The van der Waals surface area contributed by atoms with Crippen LogP contribution in [0, 0.1) is 0 Å². The van der Waals surface area contributed by atoms with Gasteiger partial charge in [0.25, 0.3) is 5.56 Å². The molecule has 128 valence electrons. The van der Waals surface area contributed by atoms with Gasteiger partial charge in [-0.25, -0.2) is 4.98 Å². The number of benzene rings is 3. The van der Waals surface area contributed by atoms with Crippen molar-refractivity contribution in [3.63, 3.8) is 0 Å². The van der Waals surface area contributed by atoms with Crippen LogP contribution in [0.2, 0.25) is 0 Å². The predicted octanol–water partition coefficient (Wildman–Crippen LogP) is 3.77. The zero-order chi connectivity index (χ0) is 18.1. The summed E-state index contributed by atoms with van der Waals surface area (Å²) in [7, 11) is 1.55. The van der Waals surface area contributed by atoms with Crippen molar-refractivity contribution in [1.29, 1.82) is 0 Å². The van der Waals surface area contributed by atoms with E-state index in [0.29, 0.717) is 33.7 Å². The van der Waals surface area contributed by atoms with Crippen LogP contribution in [0.5, 0.6) is 11.5 Å². The number of hydrogen-bond donors (Lipinski definition) is 1. The molecule has 4 aromatic rings. The van der Waals surface area contributed by atoms with Crippen molar-refractivity contribution in [1.82, 2.24) is 9.55 Å². The standard InChI is InChI=1S/C21H16N2O3/c1-26-19-13-7-5-11-17(19)23-20(15-9-3-6-12-18(15)24)22-16-10-4-2-8-14(16)21(23)25/h2-13,24H,1H3. The molecule has 0 radical (unpaired) electrons. The van der Waals surface area contributed by atoms with Crippen LogP contribution >= 0.6 is 0 Å². The first-order valence-corrected chi connectivity index (χ1v) is 8.14. The second-order valence-electron chi connectivity index (χ2n) is 5.78. The Morgan fingerprint density at radius 1 is 0.923 bits per heavy atom. The molecule has 0 aliphatic heterocycles. The molecule has 4 rings (SSSR count). The van der Waals surface area contributed by atoms with Gasteiger partial charge < -0.3 is 9.84 Å². The summed E-state index contributed by atoms with van der Waals surface area (Å²) in [6, 6.07) is 21.2. The van der Waals surface area contributed by atoms with Crippen molar-refractivity contribution in [2.45, 2.75) is 0 Å². The molecule has 0 fully saturated rings. The minimum absolute atomic E-state index is 0.0540. The molecular formula is C21H16N2O3. The Bertz CT molecular complexity index is 1170. The molecule has 0 aliphatic rings. The number of hydrogen-bond acceptors (Lipinski definition) is 4. The molecule has 1 aromatic heterocycles. The van der Waals surface area contributed by atoms with Gasteiger partial charge in [0.15, 0.2) is 5.82 Å². The number of fused-ring (bicyclic) bond motifs is 1. The van der Waals surface area contributed by atoms with Crippen molar-refractivity contribution in [3.8, 4) is 28.6 Å². The van der Waals surface area contributed by atoms with Gasteiger partial charge in [0.05, 0.1) is 29.3 Å². The predicted molar refractivity (Wildman–Crippen MR) is 101 cm³/mol. The van der Waals surface area contributed by atoms with Gasteiger partial charge in [-0.3, -0.25) is 9.36 Å². The van der Waals surface area contributed by atoms with Crippen LogP contribution in [0.15, 0.2) is 77.6 Å². The van der Waals surface area contributed by atoms with Crippen molar-refractivity contribution >= 4 is 10.9 Å². The third-order valence-electron chi connectivity index (χ3n) is 4.25. The Hall–Kier alpha value is -3.60. The fourth-order valence-electron chi connectivity index (χ4n) is 3.01. The Labute approximate surface area is 149 Å². The fraction of sp³-hybridized carbons (Fsp3) is 0.0476. The van der Waals surface area contributed by atoms with Crippen LogP contribution in [0.25, 0.3) is 28.0 Å². The number of aromatic nitrogens is 2. The molecule has 26 heavy (non-hydrogen) atoms. The van der Waals surface area contributed by atoms with Crippen LogP contribution in [0.1, 0.15) is 0 Å². The van der Waals surface area contributed by atoms with E-state index in [1.807, 2.05) is 18.2 Å². The summed E-state index contributed by atoms with van der Waals surface area (Å²) in [5, 5.41) is 10.8. The smallest absolute Gasteiger partial charge is 0.266 e. The Morgan fingerprint density at radius 3 is 2.42 bits per heavy atom. The minimum Gasteiger partial charge on any atom is -0.507 e. The largest absolute Gasteiger partial charge is 0.507 e. The minimum atomic E-state index is -0.224. The topological polar surface area (TPSA) is 64.3 Å². The Morgan fingerprint density at radius 2 is 1.62 bits per heavy atom. The van der Waals surface area contributed by atoms with Gasteiger partial charge in [-0.05, 0) is 36.4 Å². The van der Waals surface area contributed by atoms with Crippen molar-refractivity contribution in [2.24, 2.45) is 0 Å². The Kier molecular flexibility index (Phi) is 3.89. The second kappa shape index (κ2) is 6.37. The lowest BCUT2D eigenvalue weighted by Gasteiger charge is -2.16. The van der Waals surface area contributed by atoms with Crippen LogP contribution in [0.4, 0.5) is 0 Å². The summed E-state index contributed by atoms with van der Waals surface area (Å²) in [5.74, 6) is 0.956. The molecule has 5 nitrogen and oxygen atoms in total. The Balaban J connectivity index is 2.17. The van der Waals surface area contributed by atoms with Gasteiger partial charge in [-0.2, -0.15) is 0 Å². The summed E-state index contributed by atoms with van der Waals surface area (Å²) in [6.07, 6.45) is 0. The lowest BCUT2D eigenvalue weighted by atomic mass is 10.1. The lowest BCUT2D eigenvalue weighted by molar-refractivity contribution is 0.412. The maximum atomic E-state index is 13.3. The summed E-state index contributed by atoms with van der Waals surface area (Å²) >= 11 is 0. The van der Waals surface area contributed by atoms with E-state index in [0.717, 1.165) is 0 Å². The highest BCUT2D eigenvalue weighted by molar-refractivity contribution is 5.81. The van der Waals surface area contributed by atoms with E-state index in [2.05, 4.69) is 4.98 Å². The molecule has 5 heteroatoms. The summed E-state index contributed by atoms with van der Waals surface area (Å²) < 4.78 is 6.92. The molecule has 0 spiro atoms. The van der Waals surface area contributed by atoms with E-state index in [-0.39, 0.29) is 11.3 Å². The number of ether oxygens (including phenoxy) is 1. The SMILES string of the molecule is COc1ccccc1-n1c(-c2ccccc2O)nc2ccccc2c1=O. The molecule has 1 heterocycles. The maximum Gasteiger partial charge on any atom is 0.266 e. The number of rotatable bonds is 3. The number of methoxy groups -OCH3 is 1. The second-order valence-corrected chi connectivity index (χ2v) is 5.78.